The van der Waals surface area contributed by atoms with Gasteiger partial charge in [0.1, 0.15) is 10.7 Å². The standard InChI is InChI=1S/C23H26Cl2N4O3S/c1-3-28-22(26-29(23(28)30)15-17-7-5-4-6-8-17)18-9-11-27(12-10-18)33(31,32)21-13-16(2)19(24)14-20(21)25/h4-8,13-14,18H,3,9-12,15H2,1-2H3. The highest BCUT2D eigenvalue weighted by molar-refractivity contribution is 7.89. The Bertz CT molecular complexity index is 1310. The molecule has 2 aromatic carbocycles. The van der Waals surface area contributed by atoms with E-state index in [0.29, 0.717) is 49.6 Å². The zero-order chi connectivity index (χ0) is 23.8. The lowest BCUT2D eigenvalue weighted by atomic mass is 9.97. The lowest BCUT2D eigenvalue weighted by Crippen LogP contribution is -2.38. The molecule has 2 heterocycles. The third kappa shape index (κ3) is 4.75. The molecule has 10 heteroatoms. The van der Waals surface area contributed by atoms with Gasteiger partial charge in [-0.3, -0.25) is 4.57 Å². The molecule has 0 atom stereocenters. The molecule has 7 nitrogen and oxygen atoms in total. The summed E-state index contributed by atoms with van der Waals surface area (Å²) < 4.78 is 31.1. The summed E-state index contributed by atoms with van der Waals surface area (Å²) in [5.74, 6) is 0.722. The van der Waals surface area contributed by atoms with Gasteiger partial charge in [-0.25, -0.2) is 17.9 Å². The van der Waals surface area contributed by atoms with Gasteiger partial charge in [-0.15, -0.1) is 0 Å². The van der Waals surface area contributed by atoms with Gasteiger partial charge in [-0.1, -0.05) is 53.5 Å². The van der Waals surface area contributed by atoms with Crippen molar-refractivity contribution >= 4 is 33.2 Å². The Balaban J connectivity index is 1.54. The average molecular weight is 509 g/mol. The van der Waals surface area contributed by atoms with Crippen molar-refractivity contribution in [3.05, 3.63) is 79.9 Å². The quantitative estimate of drug-likeness (QED) is 0.497. The fourth-order valence-electron chi connectivity index (χ4n) is 4.24. The van der Waals surface area contributed by atoms with Crippen LogP contribution in [0.5, 0.6) is 0 Å². The summed E-state index contributed by atoms with van der Waals surface area (Å²) in [6.45, 7) is 5.24. The van der Waals surface area contributed by atoms with Crippen molar-refractivity contribution in [2.24, 2.45) is 0 Å². The number of nitrogens with zero attached hydrogens (tertiary/aromatic N) is 4. The molecule has 0 N–H and O–H groups in total. The van der Waals surface area contributed by atoms with Crippen LogP contribution in [0.15, 0.2) is 52.2 Å². The second-order valence-electron chi connectivity index (χ2n) is 8.24. The Morgan fingerprint density at radius 3 is 2.36 bits per heavy atom. The second kappa shape index (κ2) is 9.62. The van der Waals surface area contributed by atoms with Gasteiger partial charge < -0.3 is 0 Å². The van der Waals surface area contributed by atoms with E-state index < -0.39 is 10.0 Å². The molecule has 1 aliphatic heterocycles. The van der Waals surface area contributed by atoms with Crippen molar-refractivity contribution in [1.29, 1.82) is 0 Å². The monoisotopic (exact) mass is 508 g/mol. The summed E-state index contributed by atoms with van der Waals surface area (Å²) in [7, 11) is -3.75. The van der Waals surface area contributed by atoms with Crippen molar-refractivity contribution in [3.63, 3.8) is 0 Å². The summed E-state index contributed by atoms with van der Waals surface area (Å²) in [5.41, 5.74) is 1.52. The predicted octanol–water partition coefficient (Wildman–Crippen LogP) is 4.30. The van der Waals surface area contributed by atoms with Crippen LogP contribution in [0.2, 0.25) is 10.0 Å². The van der Waals surface area contributed by atoms with Crippen LogP contribution in [0.4, 0.5) is 0 Å². The maximum atomic E-state index is 13.2. The van der Waals surface area contributed by atoms with Crippen molar-refractivity contribution < 1.29 is 8.42 Å². The molecule has 1 aliphatic rings. The number of hydrogen-bond acceptors (Lipinski definition) is 4. The molecule has 0 unspecified atom stereocenters. The molecule has 33 heavy (non-hydrogen) atoms. The number of sulfonamides is 1. The van der Waals surface area contributed by atoms with E-state index in [2.05, 4.69) is 5.10 Å². The van der Waals surface area contributed by atoms with Crippen LogP contribution in [0.3, 0.4) is 0 Å². The Hall–Kier alpha value is -2.13. The van der Waals surface area contributed by atoms with Crippen molar-refractivity contribution in [2.45, 2.75) is 50.6 Å². The molecule has 0 bridgehead atoms. The van der Waals surface area contributed by atoms with E-state index in [-0.39, 0.29) is 21.5 Å². The summed E-state index contributed by atoms with van der Waals surface area (Å²) in [4.78, 5) is 13.0. The van der Waals surface area contributed by atoms with Gasteiger partial charge in [0, 0.05) is 30.6 Å². The molecular weight excluding hydrogens is 483 g/mol. The zero-order valence-electron chi connectivity index (χ0n) is 18.5. The number of hydrogen-bond donors (Lipinski definition) is 0. The summed E-state index contributed by atoms with van der Waals surface area (Å²) in [5, 5.41) is 5.19. The SMILES string of the molecule is CCn1c(C2CCN(S(=O)(=O)c3cc(C)c(Cl)cc3Cl)CC2)nn(Cc2ccccc2)c1=O. The molecule has 4 rings (SSSR count). The Labute approximate surface area is 203 Å². The first-order chi connectivity index (χ1) is 15.7. The molecule has 0 amide bonds. The molecule has 1 fully saturated rings. The fourth-order valence-corrected chi connectivity index (χ4v) is 6.51. The number of aryl methyl sites for hydroxylation is 1. The number of piperidine rings is 1. The van der Waals surface area contributed by atoms with E-state index in [4.69, 9.17) is 23.2 Å². The van der Waals surface area contributed by atoms with E-state index in [0.717, 1.165) is 11.4 Å². The van der Waals surface area contributed by atoms with Crippen molar-refractivity contribution in [3.8, 4) is 0 Å². The highest BCUT2D eigenvalue weighted by atomic mass is 35.5. The van der Waals surface area contributed by atoms with Crippen LogP contribution in [0.1, 0.15) is 42.6 Å². The maximum absolute atomic E-state index is 13.2. The first-order valence-electron chi connectivity index (χ1n) is 10.9. The smallest absolute Gasteiger partial charge is 0.279 e. The third-order valence-electron chi connectivity index (χ3n) is 6.09. The zero-order valence-corrected chi connectivity index (χ0v) is 20.9. The summed E-state index contributed by atoms with van der Waals surface area (Å²) >= 11 is 12.3. The van der Waals surface area contributed by atoms with Gasteiger partial charge in [0.05, 0.1) is 11.6 Å². The topological polar surface area (TPSA) is 77.2 Å². The minimum absolute atomic E-state index is 0.00329. The number of benzene rings is 2. The van der Waals surface area contributed by atoms with Gasteiger partial charge in [0.25, 0.3) is 0 Å². The van der Waals surface area contributed by atoms with E-state index in [1.807, 2.05) is 37.3 Å². The van der Waals surface area contributed by atoms with E-state index in [1.165, 1.54) is 21.1 Å². The highest BCUT2D eigenvalue weighted by Crippen LogP contribution is 2.34. The lowest BCUT2D eigenvalue weighted by molar-refractivity contribution is 0.308. The summed E-state index contributed by atoms with van der Waals surface area (Å²) in [6, 6.07) is 12.7. The first-order valence-corrected chi connectivity index (χ1v) is 13.1. The fraction of sp³-hybridized carbons (Fsp3) is 0.391. The summed E-state index contributed by atoms with van der Waals surface area (Å²) in [6.07, 6.45) is 1.15. The highest BCUT2D eigenvalue weighted by Gasteiger charge is 2.33. The number of halogens is 2. The number of aromatic nitrogens is 3. The minimum Gasteiger partial charge on any atom is -0.279 e. The largest absolute Gasteiger partial charge is 0.346 e. The molecule has 1 aromatic heterocycles. The lowest BCUT2D eigenvalue weighted by Gasteiger charge is -2.31. The van der Waals surface area contributed by atoms with Crippen LogP contribution in [0.25, 0.3) is 0 Å². The molecular formula is C23H26Cl2N4O3S. The normalized spacial score (nSPS) is 15.8. The maximum Gasteiger partial charge on any atom is 0.346 e. The van der Waals surface area contributed by atoms with E-state index in [1.54, 1.807) is 11.5 Å². The van der Waals surface area contributed by atoms with Gasteiger partial charge in [0.2, 0.25) is 10.0 Å². The van der Waals surface area contributed by atoms with Crippen molar-refractivity contribution in [1.82, 2.24) is 18.7 Å². The Kier molecular flexibility index (Phi) is 7.00. The molecule has 0 aliphatic carbocycles. The van der Waals surface area contributed by atoms with Crippen LogP contribution in [0, 0.1) is 6.92 Å². The molecule has 0 spiro atoms. The van der Waals surface area contributed by atoms with Gasteiger partial charge in [0.15, 0.2) is 0 Å². The average Bonchev–Trinajstić information content (AvgIpc) is 3.12. The first kappa shape index (κ1) is 24.0. The molecule has 0 saturated carbocycles. The third-order valence-corrected chi connectivity index (χ3v) is 8.86. The van der Waals surface area contributed by atoms with Gasteiger partial charge >= 0.3 is 5.69 Å². The predicted molar refractivity (Wildman–Crippen MR) is 130 cm³/mol. The Morgan fingerprint density at radius 2 is 1.73 bits per heavy atom. The molecule has 176 valence electrons. The van der Waals surface area contributed by atoms with Gasteiger partial charge in [-0.05, 0) is 49.9 Å². The number of rotatable bonds is 6. The van der Waals surface area contributed by atoms with E-state index in [9.17, 15) is 13.2 Å². The molecule has 1 saturated heterocycles. The van der Waals surface area contributed by atoms with Crippen LogP contribution >= 0.6 is 23.2 Å². The molecule has 3 aromatic rings. The minimum atomic E-state index is -3.75. The van der Waals surface area contributed by atoms with E-state index >= 15 is 0 Å². The van der Waals surface area contributed by atoms with Crippen LogP contribution in [-0.4, -0.2) is 40.2 Å². The second-order valence-corrected chi connectivity index (χ2v) is 11.0. The Morgan fingerprint density at radius 1 is 1.06 bits per heavy atom. The van der Waals surface area contributed by atoms with Gasteiger partial charge in [-0.2, -0.15) is 9.40 Å². The van der Waals surface area contributed by atoms with Crippen LogP contribution < -0.4 is 5.69 Å². The van der Waals surface area contributed by atoms with Crippen LogP contribution in [-0.2, 0) is 23.1 Å². The van der Waals surface area contributed by atoms with Crippen molar-refractivity contribution in [2.75, 3.05) is 13.1 Å². The molecule has 0 radical (unpaired) electrons.